The highest BCUT2D eigenvalue weighted by atomic mass is 35.5. The maximum Gasteiger partial charge on any atom is 0.225 e. The van der Waals surface area contributed by atoms with Crippen molar-refractivity contribution in [2.24, 2.45) is 0 Å². The van der Waals surface area contributed by atoms with Crippen LogP contribution in [0.4, 0.5) is 5.13 Å². The first kappa shape index (κ1) is 12.3. The summed E-state index contributed by atoms with van der Waals surface area (Å²) >= 11 is 13.3. The summed E-state index contributed by atoms with van der Waals surface area (Å²) in [6, 6.07) is 0. The molecule has 0 aliphatic carbocycles. The second kappa shape index (κ2) is 4.77. The summed E-state index contributed by atoms with van der Waals surface area (Å²) in [4.78, 5) is 14.6. The van der Waals surface area contributed by atoms with E-state index >= 15 is 0 Å². The molecule has 3 heterocycles. The molecule has 96 valence electrons. The van der Waals surface area contributed by atoms with E-state index in [0.29, 0.717) is 10.8 Å². The molecule has 2 aromatic heterocycles. The van der Waals surface area contributed by atoms with E-state index in [1.807, 2.05) is 0 Å². The zero-order chi connectivity index (χ0) is 12.7. The van der Waals surface area contributed by atoms with E-state index < -0.39 is 0 Å². The first-order chi connectivity index (χ1) is 8.67. The number of rotatable bonds is 2. The van der Waals surface area contributed by atoms with Crippen molar-refractivity contribution < 1.29 is 4.74 Å². The Morgan fingerprint density at radius 2 is 2.17 bits per heavy atom. The van der Waals surface area contributed by atoms with Gasteiger partial charge in [-0.2, -0.15) is 9.97 Å². The molecule has 18 heavy (non-hydrogen) atoms. The molecule has 5 nitrogen and oxygen atoms in total. The van der Waals surface area contributed by atoms with Crippen molar-refractivity contribution >= 4 is 50.0 Å². The fourth-order valence-corrected chi connectivity index (χ4v) is 3.40. The number of hydrogen-bond donors (Lipinski definition) is 0. The molecule has 0 amide bonds. The van der Waals surface area contributed by atoms with Crippen molar-refractivity contribution in [2.75, 3.05) is 25.1 Å². The monoisotopic (exact) mass is 304 g/mol. The van der Waals surface area contributed by atoms with Gasteiger partial charge in [-0.25, -0.2) is 4.98 Å². The second-order valence-corrected chi connectivity index (χ2v) is 5.70. The van der Waals surface area contributed by atoms with E-state index in [9.17, 15) is 0 Å². The number of fused-ring (bicyclic) bond motifs is 1. The Morgan fingerprint density at radius 3 is 2.89 bits per heavy atom. The van der Waals surface area contributed by atoms with Gasteiger partial charge in [-0.1, -0.05) is 22.9 Å². The molecule has 1 fully saturated rings. The van der Waals surface area contributed by atoms with Crippen LogP contribution in [0.5, 0.6) is 0 Å². The van der Waals surface area contributed by atoms with Crippen LogP contribution in [0.3, 0.4) is 0 Å². The second-order valence-electron chi connectivity index (χ2n) is 4.03. The molecule has 0 spiro atoms. The van der Waals surface area contributed by atoms with Crippen molar-refractivity contribution in [3.05, 3.63) is 10.4 Å². The minimum Gasteiger partial charge on any atom is -0.380 e. The average molecular weight is 305 g/mol. The minimum atomic E-state index is 0.125. The largest absolute Gasteiger partial charge is 0.380 e. The summed E-state index contributed by atoms with van der Waals surface area (Å²) in [6.45, 7) is 1.77. The van der Waals surface area contributed by atoms with Crippen LogP contribution >= 0.6 is 34.5 Å². The van der Waals surface area contributed by atoms with E-state index in [0.717, 1.165) is 29.3 Å². The smallest absolute Gasteiger partial charge is 0.225 e. The van der Waals surface area contributed by atoms with Crippen molar-refractivity contribution in [3.8, 4) is 0 Å². The molecule has 3 rings (SSSR count). The van der Waals surface area contributed by atoms with Crippen LogP contribution in [0.2, 0.25) is 10.4 Å². The lowest BCUT2D eigenvalue weighted by atomic mass is 10.3. The molecular formula is C10H10Cl2N4OS. The third-order valence-corrected chi connectivity index (χ3v) is 4.59. The van der Waals surface area contributed by atoms with Gasteiger partial charge >= 0.3 is 0 Å². The van der Waals surface area contributed by atoms with Crippen molar-refractivity contribution in [1.29, 1.82) is 0 Å². The van der Waals surface area contributed by atoms with Crippen LogP contribution in [0.15, 0.2) is 0 Å². The minimum absolute atomic E-state index is 0.125. The SMILES string of the molecule is CO[C@@H]1CCN(c2nc3nc(Cl)nc(Cl)c3s2)C1. The maximum absolute atomic E-state index is 6.03. The number of thiazole rings is 1. The van der Waals surface area contributed by atoms with Gasteiger partial charge in [0.1, 0.15) is 4.70 Å². The lowest BCUT2D eigenvalue weighted by Gasteiger charge is -2.13. The van der Waals surface area contributed by atoms with Crippen molar-refractivity contribution in [2.45, 2.75) is 12.5 Å². The summed E-state index contributed by atoms with van der Waals surface area (Å²) < 4.78 is 6.11. The van der Waals surface area contributed by atoms with E-state index in [1.165, 1.54) is 11.3 Å². The number of nitrogens with zero attached hydrogens (tertiary/aromatic N) is 4. The molecule has 0 N–H and O–H groups in total. The molecule has 0 radical (unpaired) electrons. The Balaban J connectivity index is 1.96. The number of halogens is 2. The fourth-order valence-electron chi connectivity index (χ4n) is 1.99. The summed E-state index contributed by atoms with van der Waals surface area (Å²) in [5.74, 6) is 0. The number of aromatic nitrogens is 3. The number of hydrogen-bond acceptors (Lipinski definition) is 6. The van der Waals surface area contributed by atoms with E-state index in [-0.39, 0.29) is 11.4 Å². The van der Waals surface area contributed by atoms with Crippen LogP contribution in [-0.2, 0) is 4.74 Å². The van der Waals surface area contributed by atoms with Gasteiger partial charge in [-0.3, -0.25) is 0 Å². The Morgan fingerprint density at radius 1 is 1.33 bits per heavy atom. The normalized spacial score (nSPS) is 19.9. The molecule has 8 heteroatoms. The van der Waals surface area contributed by atoms with Crippen LogP contribution in [0.25, 0.3) is 10.3 Å². The van der Waals surface area contributed by atoms with E-state index in [1.54, 1.807) is 7.11 Å². The van der Waals surface area contributed by atoms with E-state index in [2.05, 4.69) is 19.9 Å². The zero-order valence-corrected chi connectivity index (χ0v) is 11.9. The molecular weight excluding hydrogens is 295 g/mol. The van der Waals surface area contributed by atoms with E-state index in [4.69, 9.17) is 27.9 Å². The topological polar surface area (TPSA) is 51.1 Å². The summed E-state index contributed by atoms with van der Waals surface area (Å²) in [6.07, 6.45) is 1.27. The molecule has 1 atom stereocenters. The van der Waals surface area contributed by atoms with Gasteiger partial charge in [-0.05, 0) is 18.0 Å². The van der Waals surface area contributed by atoms with Crippen LogP contribution in [-0.4, -0.2) is 41.3 Å². The highest BCUT2D eigenvalue weighted by Crippen LogP contribution is 2.34. The lowest BCUT2D eigenvalue weighted by molar-refractivity contribution is 0.121. The maximum atomic E-state index is 6.03. The average Bonchev–Trinajstić information content (AvgIpc) is 2.93. The Kier molecular flexibility index (Phi) is 3.27. The molecule has 1 aliphatic heterocycles. The van der Waals surface area contributed by atoms with Gasteiger partial charge in [0.25, 0.3) is 0 Å². The molecule has 0 bridgehead atoms. The van der Waals surface area contributed by atoms with Gasteiger partial charge in [0.15, 0.2) is 15.9 Å². The molecule has 2 aromatic rings. The first-order valence-electron chi connectivity index (χ1n) is 5.44. The predicted octanol–water partition coefficient (Wildman–Crippen LogP) is 2.62. The van der Waals surface area contributed by atoms with Gasteiger partial charge in [0, 0.05) is 20.2 Å². The van der Waals surface area contributed by atoms with Crippen molar-refractivity contribution in [3.63, 3.8) is 0 Å². The van der Waals surface area contributed by atoms with Crippen LogP contribution in [0.1, 0.15) is 6.42 Å². The summed E-state index contributed by atoms with van der Waals surface area (Å²) in [7, 11) is 1.73. The third kappa shape index (κ3) is 2.14. The highest BCUT2D eigenvalue weighted by molar-refractivity contribution is 7.22. The standard InChI is InChI=1S/C10H10Cl2N4OS/c1-17-5-2-3-16(4-5)10-15-8-6(18-10)7(11)13-9(12)14-8/h5H,2-4H2,1H3/t5-/m1/s1. The van der Waals surface area contributed by atoms with Crippen LogP contribution in [0, 0.1) is 0 Å². The third-order valence-electron chi connectivity index (χ3n) is 2.92. The Hall–Kier alpha value is -0.690. The molecule has 1 saturated heterocycles. The lowest BCUT2D eigenvalue weighted by Crippen LogP contribution is -2.21. The number of methoxy groups -OCH3 is 1. The van der Waals surface area contributed by atoms with Gasteiger partial charge in [0.2, 0.25) is 5.28 Å². The number of ether oxygens (including phenoxy) is 1. The highest BCUT2D eigenvalue weighted by Gasteiger charge is 2.25. The summed E-state index contributed by atoms with van der Waals surface area (Å²) in [5.41, 5.74) is 0.556. The molecule has 0 aromatic carbocycles. The predicted molar refractivity (Wildman–Crippen MR) is 72.9 cm³/mol. The zero-order valence-electron chi connectivity index (χ0n) is 9.56. The van der Waals surface area contributed by atoms with Gasteiger partial charge in [0.05, 0.1) is 6.10 Å². The fraction of sp³-hybridized carbons (Fsp3) is 0.500. The summed E-state index contributed by atoms with van der Waals surface area (Å²) in [5, 5.41) is 1.37. The van der Waals surface area contributed by atoms with Crippen molar-refractivity contribution in [1.82, 2.24) is 15.0 Å². The van der Waals surface area contributed by atoms with Gasteiger partial charge < -0.3 is 9.64 Å². The van der Waals surface area contributed by atoms with Gasteiger partial charge in [-0.15, -0.1) is 0 Å². The molecule has 1 aliphatic rings. The molecule has 0 saturated carbocycles. The van der Waals surface area contributed by atoms with Crippen LogP contribution < -0.4 is 4.90 Å². The molecule has 0 unspecified atom stereocenters. The first-order valence-corrected chi connectivity index (χ1v) is 7.02. The number of anilines is 1. The Bertz CT molecular complexity index is 591. The Labute approximate surface area is 118 Å². The quantitative estimate of drug-likeness (QED) is 0.630.